The zero-order valence-corrected chi connectivity index (χ0v) is 41.6. The Hall–Kier alpha value is -1.14. The molecule has 3 N–H and O–H groups in total. The number of ether oxygens (including phenoxy) is 1. The number of hydrogen-bond donors (Lipinski definition) is 3. The Bertz CT molecular complexity index is 882. The lowest BCUT2D eigenvalue weighted by Crippen LogP contribution is -2.46. The van der Waals surface area contributed by atoms with Crippen LogP contribution in [0.25, 0.3) is 0 Å². The average Bonchev–Trinajstić information content (AvgIpc) is 3.25. The maximum Gasteiger partial charge on any atom is 0.306 e. The van der Waals surface area contributed by atoms with E-state index in [9.17, 15) is 19.8 Å². The second kappa shape index (κ2) is 49.9. The molecule has 364 valence electrons. The van der Waals surface area contributed by atoms with Gasteiger partial charge >= 0.3 is 5.97 Å². The molecular weight excluding hydrogens is 755 g/mol. The highest BCUT2D eigenvalue weighted by atomic mass is 16.5. The van der Waals surface area contributed by atoms with Gasteiger partial charge in [0.2, 0.25) is 5.91 Å². The number of rotatable bonds is 51. The van der Waals surface area contributed by atoms with Gasteiger partial charge in [0, 0.05) is 6.42 Å². The Morgan fingerprint density at radius 1 is 0.410 bits per heavy atom. The second-order valence-corrected chi connectivity index (χ2v) is 19.4. The van der Waals surface area contributed by atoms with Gasteiger partial charge in [-0.15, -0.1) is 0 Å². The number of aliphatic hydroxyl groups excluding tert-OH is 2. The minimum atomic E-state index is -0.779. The molecule has 3 unspecified atom stereocenters. The average molecular weight is 864 g/mol. The van der Waals surface area contributed by atoms with Crippen molar-refractivity contribution in [3.8, 4) is 0 Å². The third-order valence-corrected chi connectivity index (χ3v) is 13.2. The van der Waals surface area contributed by atoms with Crippen molar-refractivity contribution in [2.75, 3.05) is 6.61 Å². The summed E-state index contributed by atoms with van der Waals surface area (Å²) in [5, 5.41) is 23.8. The largest absolute Gasteiger partial charge is 0.462 e. The fourth-order valence-corrected chi connectivity index (χ4v) is 8.96. The zero-order chi connectivity index (χ0) is 44.5. The number of hydrogen-bond acceptors (Lipinski definition) is 5. The van der Waals surface area contributed by atoms with Gasteiger partial charge in [0.15, 0.2) is 0 Å². The summed E-state index contributed by atoms with van der Waals surface area (Å²) in [4.78, 5) is 26.2. The van der Waals surface area contributed by atoms with E-state index in [0.29, 0.717) is 19.3 Å². The van der Waals surface area contributed by atoms with Crippen LogP contribution < -0.4 is 5.32 Å². The van der Waals surface area contributed by atoms with Crippen molar-refractivity contribution in [1.82, 2.24) is 5.32 Å². The smallest absolute Gasteiger partial charge is 0.306 e. The predicted molar refractivity (Wildman–Crippen MR) is 264 cm³/mol. The molecule has 0 bridgehead atoms. The lowest BCUT2D eigenvalue weighted by atomic mass is 10.0. The van der Waals surface area contributed by atoms with Crippen molar-refractivity contribution in [3.63, 3.8) is 0 Å². The molecule has 0 saturated carbocycles. The minimum absolute atomic E-state index is 0.0877. The number of amides is 1. The van der Waals surface area contributed by atoms with E-state index in [4.69, 9.17) is 4.74 Å². The van der Waals surface area contributed by atoms with Crippen molar-refractivity contribution in [2.24, 2.45) is 0 Å². The van der Waals surface area contributed by atoms with Crippen LogP contribution in [0.15, 0.2) is 0 Å². The molecule has 0 saturated heterocycles. The highest BCUT2D eigenvalue weighted by Gasteiger charge is 2.24. The quantitative estimate of drug-likeness (QED) is 0.0418. The summed E-state index contributed by atoms with van der Waals surface area (Å²) < 4.78 is 5.94. The summed E-state index contributed by atoms with van der Waals surface area (Å²) in [6.45, 7) is 6.52. The Morgan fingerprint density at radius 2 is 0.689 bits per heavy atom. The maximum atomic E-state index is 13.2. The molecule has 0 aliphatic heterocycles. The summed E-state index contributed by atoms with van der Waals surface area (Å²) in [5.74, 6) is -0.449. The van der Waals surface area contributed by atoms with E-state index in [0.717, 1.165) is 38.5 Å². The highest BCUT2D eigenvalue weighted by molar-refractivity contribution is 5.77. The molecule has 0 radical (unpaired) electrons. The number of esters is 1. The molecule has 3 atom stereocenters. The van der Waals surface area contributed by atoms with Crippen LogP contribution >= 0.6 is 0 Å². The van der Waals surface area contributed by atoms with Crippen molar-refractivity contribution in [2.45, 2.75) is 334 Å². The number of unbranched alkanes of at least 4 members (excludes halogenated alkanes) is 39. The molecule has 0 aromatic rings. The fraction of sp³-hybridized carbons (Fsp3) is 0.964. The number of nitrogens with one attached hydrogen (secondary N) is 1. The molecule has 0 fully saturated rings. The third kappa shape index (κ3) is 45.2. The molecule has 0 aromatic heterocycles. The van der Waals surface area contributed by atoms with E-state index in [1.165, 1.54) is 231 Å². The van der Waals surface area contributed by atoms with Crippen molar-refractivity contribution >= 4 is 11.9 Å². The summed E-state index contributed by atoms with van der Waals surface area (Å²) in [6, 6.07) is -0.692. The Balaban J connectivity index is 4.38. The molecule has 1 amide bonds. The molecule has 6 heteroatoms. The maximum absolute atomic E-state index is 13.2. The summed E-state index contributed by atoms with van der Waals surface area (Å²) in [6.07, 6.45) is 54.6. The summed E-state index contributed by atoms with van der Waals surface area (Å²) >= 11 is 0. The van der Waals surface area contributed by atoms with Crippen molar-refractivity contribution in [3.05, 3.63) is 0 Å². The van der Waals surface area contributed by atoms with Gasteiger partial charge < -0.3 is 20.3 Å². The minimum Gasteiger partial charge on any atom is -0.462 e. The fourth-order valence-electron chi connectivity index (χ4n) is 8.96. The first-order valence-corrected chi connectivity index (χ1v) is 27.8. The second-order valence-electron chi connectivity index (χ2n) is 19.4. The van der Waals surface area contributed by atoms with E-state index >= 15 is 0 Å². The van der Waals surface area contributed by atoms with E-state index in [-0.39, 0.29) is 24.9 Å². The number of aliphatic hydroxyl groups is 2. The first-order valence-electron chi connectivity index (χ1n) is 27.8. The first-order chi connectivity index (χ1) is 30.0. The van der Waals surface area contributed by atoms with Crippen LogP contribution in [0, 0.1) is 0 Å². The highest BCUT2D eigenvalue weighted by Crippen LogP contribution is 2.19. The topological polar surface area (TPSA) is 95.9 Å². The van der Waals surface area contributed by atoms with E-state index in [2.05, 4.69) is 26.1 Å². The van der Waals surface area contributed by atoms with Crippen LogP contribution in [0.5, 0.6) is 0 Å². The molecular formula is C55H109NO5. The third-order valence-electron chi connectivity index (χ3n) is 13.2. The van der Waals surface area contributed by atoms with Crippen molar-refractivity contribution in [1.29, 1.82) is 0 Å². The van der Waals surface area contributed by atoms with Crippen LogP contribution in [0.4, 0.5) is 0 Å². The molecule has 61 heavy (non-hydrogen) atoms. The van der Waals surface area contributed by atoms with Crippen LogP contribution in [-0.2, 0) is 14.3 Å². The van der Waals surface area contributed by atoms with Gasteiger partial charge in [0.05, 0.1) is 25.2 Å². The van der Waals surface area contributed by atoms with Gasteiger partial charge in [-0.3, -0.25) is 9.59 Å². The normalized spacial score (nSPS) is 13.1. The Morgan fingerprint density at radius 3 is 1.00 bits per heavy atom. The molecule has 0 heterocycles. The summed E-state index contributed by atoms with van der Waals surface area (Å²) in [7, 11) is 0. The number of carbonyl (C=O) groups excluding carboxylic acids is 2. The van der Waals surface area contributed by atoms with Gasteiger partial charge in [-0.25, -0.2) is 0 Å². The van der Waals surface area contributed by atoms with Gasteiger partial charge in [0.25, 0.3) is 0 Å². The lowest BCUT2D eigenvalue weighted by Gasteiger charge is -2.24. The Labute approximate surface area is 381 Å². The van der Waals surface area contributed by atoms with Crippen LogP contribution in [0.2, 0.25) is 0 Å². The predicted octanol–water partition coefficient (Wildman–Crippen LogP) is 16.7. The number of carbonyl (C=O) groups is 2. The summed E-state index contributed by atoms with van der Waals surface area (Å²) in [5.41, 5.74) is 0. The monoisotopic (exact) mass is 864 g/mol. The molecule has 0 aliphatic carbocycles. The zero-order valence-electron chi connectivity index (χ0n) is 41.6. The van der Waals surface area contributed by atoms with Crippen LogP contribution in [-0.4, -0.2) is 46.9 Å². The van der Waals surface area contributed by atoms with Crippen LogP contribution in [0.1, 0.15) is 316 Å². The molecule has 0 aliphatic rings. The molecule has 0 rings (SSSR count). The lowest BCUT2D eigenvalue weighted by molar-refractivity contribution is -0.151. The van der Waals surface area contributed by atoms with E-state index in [1.807, 2.05) is 0 Å². The van der Waals surface area contributed by atoms with Gasteiger partial charge in [-0.05, 0) is 25.7 Å². The van der Waals surface area contributed by atoms with Gasteiger partial charge in [0.1, 0.15) is 6.10 Å². The Kier molecular flexibility index (Phi) is 48.9. The van der Waals surface area contributed by atoms with E-state index in [1.54, 1.807) is 0 Å². The van der Waals surface area contributed by atoms with Crippen molar-refractivity contribution < 1.29 is 24.5 Å². The standard InChI is InChI=1S/C55H109NO5/c1-4-7-10-13-16-19-22-24-26-27-28-29-31-33-36-39-42-45-48-55(60)61-51(46-43-40-37-34-21-18-15-12-9-6-3)49-54(59)56-52(50-57)53(58)47-44-41-38-35-32-30-25-23-20-17-14-11-8-5-2/h51-53,57-58H,4-50H2,1-3H3,(H,56,59). The van der Waals surface area contributed by atoms with Gasteiger partial charge in [-0.1, -0.05) is 278 Å². The van der Waals surface area contributed by atoms with Gasteiger partial charge in [-0.2, -0.15) is 0 Å². The SMILES string of the molecule is CCCCCCCCCCCCCCCCCCCCC(=O)OC(CCCCCCCCCCCC)CC(=O)NC(CO)C(O)CCCCCCCCCCCCCCCC. The van der Waals surface area contributed by atoms with E-state index < -0.39 is 18.2 Å². The molecule has 0 spiro atoms. The molecule has 0 aromatic carbocycles. The first kappa shape index (κ1) is 59.9. The molecule has 6 nitrogen and oxygen atoms in total. The van der Waals surface area contributed by atoms with Crippen LogP contribution in [0.3, 0.4) is 0 Å².